The first-order valence-corrected chi connectivity index (χ1v) is 8.30. The first-order chi connectivity index (χ1) is 9.74. The molecule has 0 aromatic carbocycles. The van der Waals surface area contributed by atoms with Gasteiger partial charge >= 0.3 is 0 Å². The fraction of sp³-hybridized carbons (Fsp3) is 0.812. The van der Waals surface area contributed by atoms with Crippen molar-refractivity contribution in [2.75, 3.05) is 13.1 Å². The molecule has 0 unspecified atom stereocenters. The number of nitrogens with one attached hydrogen (secondary N) is 1. The van der Waals surface area contributed by atoms with E-state index in [1.807, 2.05) is 14.0 Å². The number of aryl methyl sites for hydroxylation is 2. The van der Waals surface area contributed by atoms with Gasteiger partial charge in [-0.15, -0.1) is 0 Å². The SMILES string of the molecule is CCC1(CC)CN(Cc2c(C)nn(C)c2Cl)C(C)(C)CN1. The Morgan fingerprint density at radius 2 is 1.90 bits per heavy atom. The highest BCUT2D eigenvalue weighted by Crippen LogP contribution is 2.31. The van der Waals surface area contributed by atoms with Gasteiger partial charge in [0.05, 0.1) is 5.69 Å². The summed E-state index contributed by atoms with van der Waals surface area (Å²) in [4.78, 5) is 2.56. The lowest BCUT2D eigenvalue weighted by molar-refractivity contribution is 0.0160. The molecule has 0 atom stereocenters. The average molecular weight is 313 g/mol. The number of aromatic nitrogens is 2. The zero-order chi connectivity index (χ0) is 15.8. The van der Waals surface area contributed by atoms with Crippen LogP contribution in [0.25, 0.3) is 0 Å². The fourth-order valence-corrected chi connectivity index (χ4v) is 3.42. The van der Waals surface area contributed by atoms with E-state index in [2.05, 4.69) is 43.0 Å². The van der Waals surface area contributed by atoms with Crippen molar-refractivity contribution in [1.82, 2.24) is 20.0 Å². The molecule has 0 amide bonds. The minimum atomic E-state index is 0.124. The van der Waals surface area contributed by atoms with Crippen molar-refractivity contribution in [1.29, 1.82) is 0 Å². The quantitative estimate of drug-likeness (QED) is 0.927. The zero-order valence-electron chi connectivity index (χ0n) is 14.3. The van der Waals surface area contributed by atoms with Crippen molar-refractivity contribution in [3.05, 3.63) is 16.4 Å². The predicted octanol–water partition coefficient (Wildman–Crippen LogP) is 3.12. The highest BCUT2D eigenvalue weighted by Gasteiger charge is 2.41. The van der Waals surface area contributed by atoms with Gasteiger partial charge in [0.25, 0.3) is 0 Å². The van der Waals surface area contributed by atoms with Crippen LogP contribution >= 0.6 is 11.6 Å². The van der Waals surface area contributed by atoms with Gasteiger partial charge in [-0.25, -0.2) is 0 Å². The Morgan fingerprint density at radius 3 is 2.38 bits per heavy atom. The summed E-state index contributed by atoms with van der Waals surface area (Å²) >= 11 is 6.42. The van der Waals surface area contributed by atoms with Crippen molar-refractivity contribution in [3.8, 4) is 0 Å². The summed E-state index contributed by atoms with van der Waals surface area (Å²) in [6.07, 6.45) is 2.30. The summed E-state index contributed by atoms with van der Waals surface area (Å²) in [6.45, 7) is 14.1. The molecule has 120 valence electrons. The van der Waals surface area contributed by atoms with Gasteiger partial charge < -0.3 is 5.32 Å². The minimum absolute atomic E-state index is 0.124. The van der Waals surface area contributed by atoms with Crippen molar-refractivity contribution in [2.24, 2.45) is 7.05 Å². The Kier molecular flexibility index (Phi) is 4.72. The molecule has 1 aromatic heterocycles. The van der Waals surface area contributed by atoms with Crippen LogP contribution in [0.2, 0.25) is 5.15 Å². The molecule has 1 aliphatic rings. The zero-order valence-corrected chi connectivity index (χ0v) is 15.0. The second-order valence-electron chi connectivity index (χ2n) is 6.99. The van der Waals surface area contributed by atoms with Crippen LogP contribution in [-0.4, -0.2) is 38.8 Å². The van der Waals surface area contributed by atoms with E-state index in [0.29, 0.717) is 0 Å². The summed E-state index contributed by atoms with van der Waals surface area (Å²) in [6, 6.07) is 0. The van der Waals surface area contributed by atoms with Gasteiger partial charge in [0.15, 0.2) is 0 Å². The topological polar surface area (TPSA) is 33.1 Å². The van der Waals surface area contributed by atoms with E-state index in [-0.39, 0.29) is 11.1 Å². The number of nitrogens with zero attached hydrogens (tertiary/aromatic N) is 3. The Labute approximate surface area is 133 Å². The summed E-state index contributed by atoms with van der Waals surface area (Å²) < 4.78 is 1.77. The Balaban J connectivity index is 2.26. The molecule has 2 heterocycles. The van der Waals surface area contributed by atoms with E-state index in [0.717, 1.165) is 48.9 Å². The van der Waals surface area contributed by atoms with Crippen LogP contribution in [0.3, 0.4) is 0 Å². The molecule has 1 saturated heterocycles. The van der Waals surface area contributed by atoms with E-state index >= 15 is 0 Å². The smallest absolute Gasteiger partial charge is 0.131 e. The molecule has 0 spiro atoms. The van der Waals surface area contributed by atoms with Gasteiger partial charge in [-0.1, -0.05) is 25.4 Å². The lowest BCUT2D eigenvalue weighted by atomic mass is 9.84. The molecule has 0 saturated carbocycles. The maximum absolute atomic E-state index is 6.42. The maximum Gasteiger partial charge on any atom is 0.131 e. The van der Waals surface area contributed by atoms with Gasteiger partial charge in [0.1, 0.15) is 5.15 Å². The summed E-state index contributed by atoms with van der Waals surface area (Å²) in [5.41, 5.74) is 2.54. The number of rotatable bonds is 4. The lowest BCUT2D eigenvalue weighted by Gasteiger charge is -2.52. The van der Waals surface area contributed by atoms with Gasteiger partial charge in [-0.05, 0) is 33.6 Å². The van der Waals surface area contributed by atoms with Gasteiger partial charge in [0, 0.05) is 43.3 Å². The summed E-state index contributed by atoms with van der Waals surface area (Å²) in [5.74, 6) is 0. The van der Waals surface area contributed by atoms with Crippen molar-refractivity contribution < 1.29 is 0 Å². The highest BCUT2D eigenvalue weighted by atomic mass is 35.5. The molecule has 1 fully saturated rings. The summed E-state index contributed by atoms with van der Waals surface area (Å²) in [7, 11) is 1.91. The van der Waals surface area contributed by atoms with Crippen LogP contribution in [0.5, 0.6) is 0 Å². The summed E-state index contributed by atoms with van der Waals surface area (Å²) in [5, 5.41) is 8.98. The molecule has 2 rings (SSSR count). The molecule has 0 bridgehead atoms. The van der Waals surface area contributed by atoms with Crippen molar-refractivity contribution >= 4 is 11.6 Å². The Hall–Kier alpha value is -0.580. The largest absolute Gasteiger partial charge is 0.308 e. The third-order valence-corrected chi connectivity index (χ3v) is 5.69. The third kappa shape index (κ3) is 3.13. The molecule has 4 nitrogen and oxygen atoms in total. The average Bonchev–Trinajstić information content (AvgIpc) is 2.68. The monoisotopic (exact) mass is 312 g/mol. The molecule has 1 aliphatic heterocycles. The lowest BCUT2D eigenvalue weighted by Crippen LogP contribution is -2.67. The van der Waals surface area contributed by atoms with Crippen LogP contribution in [0.4, 0.5) is 0 Å². The number of halogens is 1. The molecule has 1 N–H and O–H groups in total. The number of hydrogen-bond acceptors (Lipinski definition) is 3. The van der Waals surface area contributed by atoms with Crippen LogP contribution in [-0.2, 0) is 13.6 Å². The van der Waals surface area contributed by atoms with Crippen LogP contribution in [0.15, 0.2) is 0 Å². The molecular weight excluding hydrogens is 284 g/mol. The second-order valence-corrected chi connectivity index (χ2v) is 7.35. The molecule has 21 heavy (non-hydrogen) atoms. The normalized spacial score (nSPS) is 21.7. The standard InChI is InChI=1S/C16H29ClN4/c1-7-16(8-2)11-21(15(4,5)10-18-16)9-13-12(3)19-20(6)14(13)17/h18H,7-11H2,1-6H3. The van der Waals surface area contributed by atoms with Gasteiger partial charge in [-0.3, -0.25) is 9.58 Å². The Morgan fingerprint density at radius 1 is 1.29 bits per heavy atom. The van der Waals surface area contributed by atoms with E-state index in [1.54, 1.807) is 4.68 Å². The predicted molar refractivity (Wildman–Crippen MR) is 88.8 cm³/mol. The van der Waals surface area contributed by atoms with Gasteiger partial charge in [0.2, 0.25) is 0 Å². The van der Waals surface area contributed by atoms with Crippen LogP contribution in [0, 0.1) is 6.92 Å². The Bertz CT molecular complexity index is 503. The van der Waals surface area contributed by atoms with E-state index < -0.39 is 0 Å². The first-order valence-electron chi connectivity index (χ1n) is 7.93. The minimum Gasteiger partial charge on any atom is -0.308 e. The molecule has 0 radical (unpaired) electrons. The first kappa shape index (κ1) is 16.8. The van der Waals surface area contributed by atoms with E-state index in [9.17, 15) is 0 Å². The second kappa shape index (κ2) is 5.90. The van der Waals surface area contributed by atoms with Crippen molar-refractivity contribution in [2.45, 2.75) is 65.1 Å². The number of piperazine rings is 1. The third-order valence-electron chi connectivity index (χ3n) is 5.22. The van der Waals surface area contributed by atoms with Crippen LogP contribution < -0.4 is 5.32 Å². The molecule has 5 heteroatoms. The fourth-order valence-electron chi connectivity index (χ4n) is 3.19. The molecule has 0 aliphatic carbocycles. The maximum atomic E-state index is 6.42. The van der Waals surface area contributed by atoms with Crippen molar-refractivity contribution in [3.63, 3.8) is 0 Å². The number of hydrogen-bond donors (Lipinski definition) is 1. The van der Waals surface area contributed by atoms with Crippen LogP contribution in [0.1, 0.15) is 51.8 Å². The van der Waals surface area contributed by atoms with E-state index in [4.69, 9.17) is 11.6 Å². The molecular formula is C16H29ClN4. The van der Waals surface area contributed by atoms with E-state index in [1.165, 1.54) is 0 Å². The highest BCUT2D eigenvalue weighted by molar-refractivity contribution is 6.30. The molecule has 1 aromatic rings. The van der Waals surface area contributed by atoms with Gasteiger partial charge in [-0.2, -0.15) is 5.10 Å².